The predicted octanol–water partition coefficient (Wildman–Crippen LogP) is 4.28. The van der Waals surface area contributed by atoms with Gasteiger partial charge >= 0.3 is 0 Å². The highest BCUT2D eigenvalue weighted by molar-refractivity contribution is 8.26. The number of ether oxygens (including phenoxy) is 2. The molecule has 0 radical (unpaired) electrons. The number of thioether (sulfide) groups is 1. The van der Waals surface area contributed by atoms with Crippen LogP contribution in [-0.4, -0.2) is 35.4 Å². The molecule has 0 aliphatic carbocycles. The van der Waals surface area contributed by atoms with Crippen LogP contribution in [0.3, 0.4) is 0 Å². The molecule has 2 aromatic rings. The van der Waals surface area contributed by atoms with Crippen LogP contribution in [0.25, 0.3) is 6.08 Å². The van der Waals surface area contributed by atoms with E-state index in [1.165, 1.54) is 16.7 Å². The standard InChI is InChI=1S/C20H19NO3S2/c1-14-6-3-4-9-17(14)24-11-10-23-16-8-5-7-15(12-16)13-18-19(22)21(2)20(25)26-18/h3-9,12-13H,10-11H2,1-2H3. The Morgan fingerprint density at radius 2 is 1.88 bits per heavy atom. The molecule has 2 aromatic carbocycles. The van der Waals surface area contributed by atoms with Gasteiger partial charge in [-0.25, -0.2) is 0 Å². The van der Waals surface area contributed by atoms with Gasteiger partial charge in [0, 0.05) is 7.05 Å². The Labute approximate surface area is 162 Å². The van der Waals surface area contributed by atoms with Crippen molar-refractivity contribution in [3.8, 4) is 11.5 Å². The second kappa shape index (κ2) is 8.38. The number of carbonyl (C=O) groups is 1. The maximum absolute atomic E-state index is 12.1. The lowest BCUT2D eigenvalue weighted by atomic mass is 10.2. The highest BCUT2D eigenvalue weighted by Crippen LogP contribution is 2.31. The summed E-state index contributed by atoms with van der Waals surface area (Å²) in [4.78, 5) is 14.2. The van der Waals surface area contributed by atoms with Gasteiger partial charge in [0.15, 0.2) is 0 Å². The third-order valence-corrected chi connectivity index (χ3v) is 5.33. The Bertz CT molecular complexity index is 864. The number of hydrogen-bond donors (Lipinski definition) is 0. The van der Waals surface area contributed by atoms with Crippen LogP contribution in [0, 0.1) is 6.92 Å². The molecule has 26 heavy (non-hydrogen) atoms. The molecular weight excluding hydrogens is 366 g/mol. The predicted molar refractivity (Wildman–Crippen MR) is 110 cm³/mol. The van der Waals surface area contributed by atoms with Crippen molar-refractivity contribution in [2.75, 3.05) is 20.3 Å². The van der Waals surface area contributed by atoms with Gasteiger partial charge in [0.1, 0.15) is 29.0 Å². The first kappa shape index (κ1) is 18.5. The fourth-order valence-corrected chi connectivity index (χ4v) is 3.60. The zero-order chi connectivity index (χ0) is 18.5. The number of benzene rings is 2. The van der Waals surface area contributed by atoms with Crippen molar-refractivity contribution in [2.45, 2.75) is 6.92 Å². The summed E-state index contributed by atoms with van der Waals surface area (Å²) in [5.41, 5.74) is 2.00. The van der Waals surface area contributed by atoms with Crippen LogP contribution in [0.2, 0.25) is 0 Å². The van der Waals surface area contributed by atoms with Crippen LogP contribution in [-0.2, 0) is 4.79 Å². The van der Waals surface area contributed by atoms with Gasteiger partial charge in [-0.05, 0) is 42.3 Å². The molecule has 1 amide bonds. The summed E-state index contributed by atoms with van der Waals surface area (Å²) in [5.74, 6) is 1.53. The minimum absolute atomic E-state index is 0.0713. The summed E-state index contributed by atoms with van der Waals surface area (Å²) < 4.78 is 12.1. The summed E-state index contributed by atoms with van der Waals surface area (Å²) in [6.07, 6.45) is 1.83. The normalized spacial score (nSPS) is 15.6. The maximum atomic E-state index is 12.1. The molecule has 0 bridgehead atoms. The van der Waals surface area contributed by atoms with Gasteiger partial charge in [0.05, 0.1) is 4.91 Å². The number of hydrogen-bond acceptors (Lipinski definition) is 5. The molecule has 0 aromatic heterocycles. The molecule has 0 N–H and O–H groups in total. The Balaban J connectivity index is 1.57. The van der Waals surface area contributed by atoms with E-state index in [4.69, 9.17) is 21.7 Å². The van der Waals surface area contributed by atoms with E-state index in [9.17, 15) is 4.79 Å². The summed E-state index contributed by atoms with van der Waals surface area (Å²) in [6, 6.07) is 15.5. The quantitative estimate of drug-likeness (QED) is 0.421. The zero-order valence-electron chi connectivity index (χ0n) is 14.6. The Kier molecular flexibility index (Phi) is 5.96. The van der Waals surface area contributed by atoms with E-state index in [0.717, 1.165) is 22.6 Å². The molecule has 1 aliphatic rings. The van der Waals surface area contributed by atoms with Gasteiger partial charge in [-0.1, -0.05) is 54.3 Å². The van der Waals surface area contributed by atoms with Crippen LogP contribution >= 0.6 is 24.0 Å². The summed E-state index contributed by atoms with van der Waals surface area (Å²) in [5, 5.41) is 0. The van der Waals surface area contributed by atoms with E-state index in [1.54, 1.807) is 7.05 Å². The number of para-hydroxylation sites is 1. The second-order valence-electron chi connectivity index (χ2n) is 5.78. The third-order valence-electron chi connectivity index (χ3n) is 3.85. The molecule has 0 unspecified atom stereocenters. The summed E-state index contributed by atoms with van der Waals surface area (Å²) in [7, 11) is 1.69. The molecule has 134 valence electrons. The molecule has 0 saturated carbocycles. The first-order chi connectivity index (χ1) is 12.5. The van der Waals surface area contributed by atoms with Crippen LogP contribution < -0.4 is 9.47 Å². The molecule has 4 nitrogen and oxygen atoms in total. The smallest absolute Gasteiger partial charge is 0.265 e. The number of aryl methyl sites for hydroxylation is 1. The van der Waals surface area contributed by atoms with Crippen LogP contribution in [0.1, 0.15) is 11.1 Å². The molecule has 6 heteroatoms. The van der Waals surface area contributed by atoms with Crippen molar-refractivity contribution in [3.05, 3.63) is 64.6 Å². The largest absolute Gasteiger partial charge is 0.490 e. The average molecular weight is 386 g/mol. The highest BCUT2D eigenvalue weighted by atomic mass is 32.2. The average Bonchev–Trinajstić information content (AvgIpc) is 2.87. The zero-order valence-corrected chi connectivity index (χ0v) is 16.2. The lowest BCUT2D eigenvalue weighted by Gasteiger charge is -2.10. The first-order valence-corrected chi connectivity index (χ1v) is 9.40. The Hall–Kier alpha value is -2.31. The van der Waals surface area contributed by atoms with Gasteiger partial charge in [-0.15, -0.1) is 0 Å². The van der Waals surface area contributed by atoms with E-state index in [1.807, 2.05) is 61.5 Å². The lowest BCUT2D eigenvalue weighted by molar-refractivity contribution is -0.121. The topological polar surface area (TPSA) is 38.8 Å². The minimum Gasteiger partial charge on any atom is -0.490 e. The van der Waals surface area contributed by atoms with Gasteiger partial charge < -0.3 is 9.47 Å². The molecular formula is C20H19NO3S2. The fourth-order valence-electron chi connectivity index (χ4n) is 2.42. The molecule has 1 heterocycles. The molecule has 0 atom stereocenters. The summed E-state index contributed by atoms with van der Waals surface area (Å²) >= 11 is 6.46. The second-order valence-corrected chi connectivity index (χ2v) is 7.45. The van der Waals surface area contributed by atoms with Gasteiger partial charge in [-0.3, -0.25) is 9.69 Å². The number of carbonyl (C=O) groups excluding carboxylic acids is 1. The van der Waals surface area contributed by atoms with Gasteiger partial charge in [-0.2, -0.15) is 0 Å². The molecule has 3 rings (SSSR count). The Morgan fingerprint density at radius 3 is 2.62 bits per heavy atom. The van der Waals surface area contributed by atoms with Crippen molar-refractivity contribution in [3.63, 3.8) is 0 Å². The van der Waals surface area contributed by atoms with Crippen molar-refractivity contribution >= 4 is 40.3 Å². The van der Waals surface area contributed by atoms with Crippen LogP contribution in [0.15, 0.2) is 53.4 Å². The SMILES string of the molecule is Cc1ccccc1OCCOc1cccc(C=C2SC(=S)N(C)C2=O)c1. The highest BCUT2D eigenvalue weighted by Gasteiger charge is 2.28. The molecule has 1 aliphatic heterocycles. The number of rotatable bonds is 6. The third kappa shape index (κ3) is 4.45. The number of amides is 1. The number of likely N-dealkylation sites (N-methyl/N-ethyl adjacent to an activating group) is 1. The van der Waals surface area contributed by atoms with E-state index in [2.05, 4.69) is 0 Å². The first-order valence-electron chi connectivity index (χ1n) is 8.17. The Morgan fingerprint density at radius 1 is 1.12 bits per heavy atom. The van der Waals surface area contributed by atoms with E-state index in [-0.39, 0.29) is 5.91 Å². The van der Waals surface area contributed by atoms with Crippen molar-refractivity contribution in [1.82, 2.24) is 4.90 Å². The molecule has 1 saturated heterocycles. The number of nitrogens with zero attached hydrogens (tertiary/aromatic N) is 1. The lowest BCUT2D eigenvalue weighted by Crippen LogP contribution is -2.22. The van der Waals surface area contributed by atoms with E-state index in [0.29, 0.717) is 22.4 Å². The molecule has 1 fully saturated rings. The van der Waals surface area contributed by atoms with Crippen LogP contribution in [0.4, 0.5) is 0 Å². The van der Waals surface area contributed by atoms with E-state index >= 15 is 0 Å². The van der Waals surface area contributed by atoms with Crippen molar-refractivity contribution < 1.29 is 14.3 Å². The minimum atomic E-state index is -0.0713. The van der Waals surface area contributed by atoms with E-state index < -0.39 is 0 Å². The monoisotopic (exact) mass is 385 g/mol. The van der Waals surface area contributed by atoms with Crippen molar-refractivity contribution in [2.24, 2.45) is 0 Å². The fraction of sp³-hybridized carbons (Fsp3) is 0.200. The van der Waals surface area contributed by atoms with Crippen molar-refractivity contribution in [1.29, 1.82) is 0 Å². The number of thiocarbonyl (C=S) groups is 1. The maximum Gasteiger partial charge on any atom is 0.265 e. The van der Waals surface area contributed by atoms with Gasteiger partial charge in [0.2, 0.25) is 0 Å². The van der Waals surface area contributed by atoms with Gasteiger partial charge in [0.25, 0.3) is 5.91 Å². The summed E-state index contributed by atoms with van der Waals surface area (Å²) in [6.45, 7) is 2.91. The van der Waals surface area contributed by atoms with Crippen LogP contribution in [0.5, 0.6) is 11.5 Å². The molecule has 0 spiro atoms.